The molecule has 0 unspecified atom stereocenters. The summed E-state index contributed by atoms with van der Waals surface area (Å²) in [7, 11) is 2.15. The topological polar surface area (TPSA) is 32.8 Å². The lowest BCUT2D eigenvalue weighted by Crippen LogP contribution is -2.38. The zero-order valence-corrected chi connectivity index (χ0v) is 11.6. The third-order valence-electron chi connectivity index (χ3n) is 3.79. The van der Waals surface area contributed by atoms with Crippen molar-refractivity contribution >= 4 is 6.09 Å². The maximum absolute atomic E-state index is 12.0. The quantitative estimate of drug-likeness (QED) is 0.647. The molecule has 0 N–H and O–H groups in total. The van der Waals surface area contributed by atoms with Crippen molar-refractivity contribution < 1.29 is 9.53 Å². The minimum atomic E-state index is -0.396. The van der Waals surface area contributed by atoms with Crippen LogP contribution in [0.1, 0.15) is 27.7 Å². The monoisotopic (exact) mass is 240 g/mol. The van der Waals surface area contributed by atoms with Crippen LogP contribution in [0.2, 0.25) is 0 Å². The Labute approximate surface area is 104 Å². The summed E-state index contributed by atoms with van der Waals surface area (Å²) in [5.41, 5.74) is -0.141. The molecule has 2 rings (SSSR count). The average molecular weight is 240 g/mol. The maximum Gasteiger partial charge on any atom is 0.410 e. The molecule has 2 heterocycles. The van der Waals surface area contributed by atoms with Crippen molar-refractivity contribution in [2.24, 2.45) is 11.3 Å². The summed E-state index contributed by atoms with van der Waals surface area (Å²) in [6.45, 7) is 11.9. The first kappa shape index (κ1) is 12.7. The molecule has 4 heteroatoms. The summed E-state index contributed by atoms with van der Waals surface area (Å²) in [5, 5.41) is 0. The van der Waals surface area contributed by atoms with Crippen molar-refractivity contribution in [3.05, 3.63) is 0 Å². The Kier molecular flexibility index (Phi) is 2.89. The normalized spacial score (nSPS) is 33.9. The molecule has 17 heavy (non-hydrogen) atoms. The highest BCUT2D eigenvalue weighted by atomic mass is 16.6. The fourth-order valence-corrected chi connectivity index (χ4v) is 3.10. The lowest BCUT2D eigenvalue weighted by Gasteiger charge is -2.27. The van der Waals surface area contributed by atoms with Gasteiger partial charge in [-0.15, -0.1) is 0 Å². The van der Waals surface area contributed by atoms with Crippen LogP contribution in [-0.4, -0.2) is 54.7 Å². The Hall–Kier alpha value is -0.770. The van der Waals surface area contributed by atoms with Gasteiger partial charge in [0.15, 0.2) is 0 Å². The van der Waals surface area contributed by atoms with Gasteiger partial charge >= 0.3 is 6.09 Å². The second-order valence-corrected chi connectivity index (χ2v) is 6.91. The zero-order chi connectivity index (χ0) is 12.8. The lowest BCUT2D eigenvalue weighted by molar-refractivity contribution is 0.0265. The van der Waals surface area contributed by atoms with Crippen LogP contribution in [0.3, 0.4) is 0 Å². The van der Waals surface area contributed by atoms with E-state index in [0.29, 0.717) is 5.92 Å². The molecule has 2 aliphatic rings. The number of carbonyl (C=O) groups excluding carboxylic acids is 1. The Bertz CT molecular complexity index is 324. The van der Waals surface area contributed by atoms with Crippen LogP contribution >= 0.6 is 0 Å². The van der Waals surface area contributed by atoms with E-state index in [-0.39, 0.29) is 11.5 Å². The number of hydrogen-bond donors (Lipinski definition) is 0. The predicted molar refractivity (Wildman–Crippen MR) is 66.9 cm³/mol. The number of nitrogens with zero attached hydrogens (tertiary/aromatic N) is 2. The number of rotatable bonds is 0. The maximum atomic E-state index is 12.0. The van der Waals surface area contributed by atoms with Gasteiger partial charge < -0.3 is 14.5 Å². The van der Waals surface area contributed by atoms with Crippen LogP contribution in [0, 0.1) is 11.3 Å². The van der Waals surface area contributed by atoms with E-state index >= 15 is 0 Å². The Morgan fingerprint density at radius 1 is 1.29 bits per heavy atom. The van der Waals surface area contributed by atoms with Crippen molar-refractivity contribution in [1.82, 2.24) is 9.80 Å². The minimum Gasteiger partial charge on any atom is -0.444 e. The molecule has 0 spiro atoms. The van der Waals surface area contributed by atoms with Gasteiger partial charge in [-0.05, 0) is 33.7 Å². The van der Waals surface area contributed by atoms with Crippen molar-refractivity contribution in [1.29, 1.82) is 0 Å². The molecule has 4 nitrogen and oxygen atoms in total. The van der Waals surface area contributed by atoms with Crippen LogP contribution in [-0.2, 0) is 4.74 Å². The highest BCUT2D eigenvalue weighted by Crippen LogP contribution is 2.41. The van der Waals surface area contributed by atoms with E-state index in [1.54, 1.807) is 0 Å². The molecular weight excluding hydrogens is 216 g/mol. The van der Waals surface area contributed by atoms with Gasteiger partial charge in [-0.1, -0.05) is 6.92 Å². The first-order valence-corrected chi connectivity index (χ1v) is 6.36. The van der Waals surface area contributed by atoms with E-state index in [1.165, 1.54) is 0 Å². The summed E-state index contributed by atoms with van der Waals surface area (Å²) >= 11 is 0. The van der Waals surface area contributed by atoms with Crippen LogP contribution in [0.25, 0.3) is 0 Å². The molecule has 1 amide bonds. The Morgan fingerprint density at radius 2 is 1.94 bits per heavy atom. The third-order valence-corrected chi connectivity index (χ3v) is 3.79. The molecule has 0 aliphatic carbocycles. The molecule has 0 aromatic rings. The standard InChI is InChI=1S/C13H24N2O2/c1-12(2,3)17-11(16)15-7-10-6-14(5)8-13(10,4)9-15/h10H,6-9H2,1-5H3/t10-,13-/m0/s1. The lowest BCUT2D eigenvalue weighted by atomic mass is 9.83. The van der Waals surface area contributed by atoms with E-state index in [0.717, 1.165) is 26.2 Å². The van der Waals surface area contributed by atoms with Crippen LogP contribution in [0.5, 0.6) is 0 Å². The molecular formula is C13H24N2O2. The SMILES string of the molecule is CN1C[C@H]2CN(C(=O)OC(C)(C)C)C[C@]2(C)C1. The van der Waals surface area contributed by atoms with E-state index < -0.39 is 5.60 Å². The van der Waals surface area contributed by atoms with E-state index in [4.69, 9.17) is 4.74 Å². The van der Waals surface area contributed by atoms with Gasteiger partial charge in [-0.25, -0.2) is 4.79 Å². The smallest absolute Gasteiger partial charge is 0.410 e. The van der Waals surface area contributed by atoms with Gasteiger partial charge in [0.25, 0.3) is 0 Å². The van der Waals surface area contributed by atoms with E-state index in [9.17, 15) is 4.79 Å². The van der Waals surface area contributed by atoms with Gasteiger partial charge in [0.2, 0.25) is 0 Å². The second-order valence-electron chi connectivity index (χ2n) is 6.91. The molecule has 2 atom stereocenters. The molecule has 98 valence electrons. The number of hydrogen-bond acceptors (Lipinski definition) is 3. The largest absolute Gasteiger partial charge is 0.444 e. The average Bonchev–Trinajstić information content (AvgIpc) is 2.51. The summed E-state index contributed by atoms with van der Waals surface area (Å²) < 4.78 is 5.43. The van der Waals surface area contributed by atoms with Gasteiger partial charge in [0, 0.05) is 31.6 Å². The number of fused-ring (bicyclic) bond motifs is 1. The molecule has 0 bridgehead atoms. The van der Waals surface area contributed by atoms with Crippen LogP contribution in [0.15, 0.2) is 0 Å². The number of carbonyl (C=O) groups is 1. The third kappa shape index (κ3) is 2.57. The highest BCUT2D eigenvalue weighted by molar-refractivity contribution is 5.68. The molecule has 0 aromatic heterocycles. The fraction of sp³-hybridized carbons (Fsp3) is 0.923. The number of ether oxygens (including phenoxy) is 1. The number of amides is 1. The van der Waals surface area contributed by atoms with E-state index in [2.05, 4.69) is 18.9 Å². The molecule has 2 fully saturated rings. The highest BCUT2D eigenvalue weighted by Gasteiger charge is 2.50. The zero-order valence-electron chi connectivity index (χ0n) is 11.6. The second kappa shape index (κ2) is 3.87. The predicted octanol–water partition coefficient (Wildman–Crippen LogP) is 1.81. The molecule has 0 radical (unpaired) electrons. The van der Waals surface area contributed by atoms with Gasteiger partial charge in [-0.3, -0.25) is 0 Å². The summed E-state index contributed by atoms with van der Waals surface area (Å²) in [5.74, 6) is 0.597. The fourth-order valence-electron chi connectivity index (χ4n) is 3.10. The molecule has 0 saturated carbocycles. The van der Waals surface area contributed by atoms with Gasteiger partial charge in [0.05, 0.1) is 0 Å². The Morgan fingerprint density at radius 3 is 2.47 bits per heavy atom. The van der Waals surface area contributed by atoms with Crippen molar-refractivity contribution in [3.63, 3.8) is 0 Å². The van der Waals surface area contributed by atoms with E-state index in [1.807, 2.05) is 25.7 Å². The molecule has 2 saturated heterocycles. The van der Waals surface area contributed by atoms with Crippen molar-refractivity contribution in [2.75, 3.05) is 33.2 Å². The first-order chi connectivity index (χ1) is 7.70. The van der Waals surface area contributed by atoms with Crippen LogP contribution in [0.4, 0.5) is 4.79 Å². The summed E-state index contributed by atoms with van der Waals surface area (Å²) in [6, 6.07) is 0. The first-order valence-electron chi connectivity index (χ1n) is 6.36. The molecule has 2 aliphatic heterocycles. The molecule has 0 aromatic carbocycles. The van der Waals surface area contributed by atoms with Gasteiger partial charge in [0.1, 0.15) is 5.60 Å². The minimum absolute atomic E-state index is 0.157. The summed E-state index contributed by atoms with van der Waals surface area (Å²) in [6.07, 6.45) is -0.157. The van der Waals surface area contributed by atoms with Crippen molar-refractivity contribution in [3.8, 4) is 0 Å². The summed E-state index contributed by atoms with van der Waals surface area (Å²) in [4.78, 5) is 16.2. The number of likely N-dealkylation sites (tertiary alicyclic amines) is 2. The Balaban J connectivity index is 1.98. The van der Waals surface area contributed by atoms with Crippen molar-refractivity contribution in [2.45, 2.75) is 33.3 Å². The van der Waals surface area contributed by atoms with Crippen LogP contribution < -0.4 is 0 Å². The van der Waals surface area contributed by atoms with Gasteiger partial charge in [-0.2, -0.15) is 0 Å².